The van der Waals surface area contributed by atoms with Crippen LogP contribution in [0.25, 0.3) is 166 Å². The van der Waals surface area contributed by atoms with Crippen molar-refractivity contribution in [3.05, 3.63) is 346 Å². The van der Waals surface area contributed by atoms with Crippen LogP contribution < -0.4 is 0 Å². The van der Waals surface area contributed by atoms with E-state index >= 15 is 0 Å². The van der Waals surface area contributed by atoms with E-state index in [9.17, 15) is 0 Å². The van der Waals surface area contributed by atoms with Gasteiger partial charge < -0.3 is 18.3 Å². The summed E-state index contributed by atoms with van der Waals surface area (Å²) in [6.45, 7) is 4.39. The molecule has 5 aromatic heterocycles. The molecular formula is C89H65N7P2. The van der Waals surface area contributed by atoms with Gasteiger partial charge in [-0.1, -0.05) is 238 Å². The van der Waals surface area contributed by atoms with Gasteiger partial charge in [0.25, 0.3) is 0 Å². The number of aromatic nitrogens is 7. The standard InChI is InChI=1S/C51H33N5.C36H24N2.C2H8P2/c1-4-15-34(16-5-1)49-52-50(35-17-6-2-7-18-35)54-51(53-49)38-19-14-22-40(31-38)56-45-25-12-10-23-41(45)43-29-27-37(33-48(43)56)36-28-30-47-44(32-36)42-24-11-13-26-46(42)55(47)39-20-8-3-9-21-39;1-3-11-27(12-4-1)37-33-17-9-7-15-29(33)31-23-25(19-21-35(31)37)26-20-22-36-32(24-26)30-16-8-10-18-34(30)38(36)28-13-5-2-6-14-28;1-4(2)3/h1-33H;1-24H;3H2,1-2H3. The molecule has 0 saturated carbocycles. The zero-order valence-electron chi connectivity index (χ0n) is 54.1. The third-order valence-electron chi connectivity index (χ3n) is 18.5. The minimum atomic E-state index is 0.296. The zero-order valence-corrected chi connectivity index (χ0v) is 56.1. The lowest BCUT2D eigenvalue weighted by molar-refractivity contribution is 1.07. The molecule has 9 heteroatoms. The molecule has 0 aliphatic heterocycles. The highest BCUT2D eigenvalue weighted by molar-refractivity contribution is 8.12. The van der Waals surface area contributed by atoms with Crippen LogP contribution >= 0.6 is 16.5 Å². The predicted molar refractivity (Wildman–Crippen MR) is 419 cm³/mol. The van der Waals surface area contributed by atoms with Crippen LogP contribution in [0.1, 0.15) is 0 Å². The number of nitrogens with zero attached hydrogens (tertiary/aromatic N) is 7. The Bertz CT molecular complexity index is 5940. The molecule has 5 heterocycles. The van der Waals surface area contributed by atoms with Gasteiger partial charge >= 0.3 is 0 Å². The summed E-state index contributed by atoms with van der Waals surface area (Å²) in [4.78, 5) is 15.0. The second kappa shape index (κ2) is 25.7. The van der Waals surface area contributed by atoms with Crippen molar-refractivity contribution in [2.75, 3.05) is 13.3 Å². The summed E-state index contributed by atoms with van der Waals surface area (Å²) in [5.41, 5.74) is 21.7. The Balaban J connectivity index is 0.000000149. The molecule has 0 radical (unpaired) electrons. The molecule has 0 aliphatic rings. The van der Waals surface area contributed by atoms with E-state index in [4.69, 9.17) is 15.0 Å². The van der Waals surface area contributed by atoms with E-state index in [1.165, 1.54) is 104 Å². The maximum atomic E-state index is 5.03. The summed E-state index contributed by atoms with van der Waals surface area (Å²) < 4.78 is 9.46. The molecule has 98 heavy (non-hydrogen) atoms. The maximum Gasteiger partial charge on any atom is 0.164 e. The van der Waals surface area contributed by atoms with Crippen molar-refractivity contribution in [2.24, 2.45) is 0 Å². The Labute approximate surface area is 571 Å². The van der Waals surface area contributed by atoms with E-state index in [2.05, 4.69) is 326 Å². The summed E-state index contributed by atoms with van der Waals surface area (Å²) >= 11 is 0. The molecular weight excluding hydrogens is 1230 g/mol. The van der Waals surface area contributed by atoms with Crippen molar-refractivity contribution >= 4 is 104 Å². The first-order valence-electron chi connectivity index (χ1n) is 33.1. The minimum absolute atomic E-state index is 0.296. The first-order chi connectivity index (χ1) is 48.4. The topological polar surface area (TPSA) is 58.4 Å². The maximum absolute atomic E-state index is 5.03. The van der Waals surface area contributed by atoms with Crippen molar-refractivity contribution in [3.63, 3.8) is 0 Å². The molecule has 0 fully saturated rings. The van der Waals surface area contributed by atoms with E-state index in [1.54, 1.807) is 0 Å². The average Bonchev–Trinajstić information content (AvgIpc) is 1.60. The Kier molecular flexibility index (Phi) is 15.7. The monoisotopic (exact) mass is 1290 g/mol. The molecule has 466 valence electrons. The second-order valence-electron chi connectivity index (χ2n) is 24.9. The second-order valence-corrected chi connectivity index (χ2v) is 29.9. The molecule has 7 nitrogen and oxygen atoms in total. The van der Waals surface area contributed by atoms with Gasteiger partial charge in [-0.2, -0.15) is 0 Å². The first-order valence-corrected chi connectivity index (χ1v) is 36.9. The highest BCUT2D eigenvalue weighted by Gasteiger charge is 2.20. The van der Waals surface area contributed by atoms with Crippen LogP contribution in [0.3, 0.4) is 0 Å². The summed E-state index contributed by atoms with van der Waals surface area (Å²) in [6.07, 6.45) is 0. The van der Waals surface area contributed by atoms with Crippen LogP contribution in [0.5, 0.6) is 0 Å². The van der Waals surface area contributed by atoms with Gasteiger partial charge in [0, 0.05) is 82.5 Å². The molecule has 0 saturated heterocycles. The first kappa shape index (κ1) is 59.9. The zero-order chi connectivity index (χ0) is 65.6. The third kappa shape index (κ3) is 11.0. The van der Waals surface area contributed by atoms with E-state index in [1.807, 2.05) is 60.7 Å². The van der Waals surface area contributed by atoms with Crippen molar-refractivity contribution in [1.29, 1.82) is 0 Å². The van der Waals surface area contributed by atoms with Gasteiger partial charge in [-0.25, -0.2) is 15.0 Å². The molecule has 0 bridgehead atoms. The number of rotatable bonds is 9. The van der Waals surface area contributed by atoms with Crippen molar-refractivity contribution < 1.29 is 0 Å². The summed E-state index contributed by atoms with van der Waals surface area (Å²) in [5, 5.41) is 9.97. The molecule has 0 aliphatic carbocycles. The smallest absolute Gasteiger partial charge is 0.164 e. The van der Waals surface area contributed by atoms with Gasteiger partial charge in [0.15, 0.2) is 17.5 Å². The Hall–Kier alpha value is -11.9. The van der Waals surface area contributed by atoms with Crippen molar-refractivity contribution in [2.45, 2.75) is 0 Å². The van der Waals surface area contributed by atoms with E-state index in [0.717, 1.165) is 44.7 Å². The van der Waals surface area contributed by atoms with Crippen LogP contribution in [-0.2, 0) is 0 Å². The fraction of sp³-hybridized carbons (Fsp3) is 0.0225. The summed E-state index contributed by atoms with van der Waals surface area (Å²) in [5.74, 6) is 1.92. The van der Waals surface area contributed by atoms with Gasteiger partial charge in [-0.3, -0.25) is 0 Å². The van der Waals surface area contributed by atoms with Gasteiger partial charge in [-0.15, -0.1) is 8.93 Å². The highest BCUT2D eigenvalue weighted by atomic mass is 32.0. The van der Waals surface area contributed by atoms with Crippen LogP contribution in [0.4, 0.5) is 0 Å². The molecule has 1 unspecified atom stereocenters. The lowest BCUT2D eigenvalue weighted by atomic mass is 10.0. The Morgan fingerprint density at radius 3 is 0.837 bits per heavy atom. The van der Waals surface area contributed by atoms with E-state index < -0.39 is 0 Å². The molecule has 19 aromatic rings. The quantitative estimate of drug-likeness (QED) is 0.135. The predicted octanol–water partition coefficient (Wildman–Crippen LogP) is 23.8. The average molecular weight is 1290 g/mol. The molecule has 0 amide bonds. The molecule has 1 atom stereocenters. The number of hydrogen-bond acceptors (Lipinski definition) is 3. The summed E-state index contributed by atoms with van der Waals surface area (Å²) in [6, 6.07) is 123. The number of fused-ring (bicyclic) bond motifs is 12. The fourth-order valence-corrected chi connectivity index (χ4v) is 14.2. The van der Waals surface area contributed by atoms with Crippen LogP contribution in [0, 0.1) is 0 Å². The minimum Gasteiger partial charge on any atom is -0.309 e. The highest BCUT2D eigenvalue weighted by Crippen LogP contribution is 2.42. The Morgan fingerprint density at radius 1 is 0.204 bits per heavy atom. The largest absolute Gasteiger partial charge is 0.309 e. The summed E-state index contributed by atoms with van der Waals surface area (Å²) in [7, 11) is 3.02. The van der Waals surface area contributed by atoms with E-state index in [0.29, 0.717) is 25.1 Å². The van der Waals surface area contributed by atoms with Crippen molar-refractivity contribution in [3.8, 4) is 79.2 Å². The molecule has 14 aromatic carbocycles. The van der Waals surface area contributed by atoms with Gasteiger partial charge in [-0.05, 0) is 151 Å². The number of hydrogen-bond donors (Lipinski definition) is 0. The fourth-order valence-electron chi connectivity index (χ4n) is 14.2. The van der Waals surface area contributed by atoms with E-state index in [-0.39, 0.29) is 0 Å². The molecule has 19 rings (SSSR count). The lowest BCUT2D eigenvalue weighted by Gasteiger charge is -2.12. The van der Waals surface area contributed by atoms with Crippen molar-refractivity contribution in [1.82, 2.24) is 33.2 Å². The van der Waals surface area contributed by atoms with Gasteiger partial charge in [0.05, 0.1) is 44.1 Å². The normalized spacial score (nSPS) is 11.5. The van der Waals surface area contributed by atoms with Crippen LogP contribution in [-0.4, -0.2) is 46.5 Å². The third-order valence-corrected chi connectivity index (χ3v) is 18.5. The lowest BCUT2D eigenvalue weighted by Crippen LogP contribution is -2.01. The number of benzene rings is 14. The van der Waals surface area contributed by atoms with Gasteiger partial charge in [0.1, 0.15) is 0 Å². The molecule has 0 N–H and O–H groups in total. The molecule has 0 spiro atoms. The van der Waals surface area contributed by atoms with Crippen LogP contribution in [0.15, 0.2) is 346 Å². The van der Waals surface area contributed by atoms with Gasteiger partial charge in [0.2, 0.25) is 0 Å². The van der Waals surface area contributed by atoms with Crippen LogP contribution in [0.2, 0.25) is 0 Å². The Morgan fingerprint density at radius 2 is 0.459 bits per heavy atom. The number of para-hydroxylation sites is 7. The SMILES string of the molecule is CP(C)P.c1ccc(-c2nc(-c3ccccc3)nc(-c3cccc(-n4c5ccccc5c5ccc(-c6ccc7c(c6)c6ccccc6n7-c6ccccc6)cc54)c3)n2)cc1.c1ccc(-n2c3ccccc3c3cc(-c4ccc5c(c4)c4ccccc4n5-c4ccccc4)ccc32)cc1.